The number of hydrogen-bond donors (Lipinski definition) is 0. The van der Waals surface area contributed by atoms with Crippen molar-refractivity contribution in [1.29, 1.82) is 0 Å². The van der Waals surface area contributed by atoms with Gasteiger partial charge in [-0.15, -0.1) is 0 Å². The second-order valence-electron chi connectivity index (χ2n) is 2.76. The highest BCUT2D eigenvalue weighted by molar-refractivity contribution is 5.72. The molecule has 0 saturated heterocycles. The minimum absolute atomic E-state index is 0.203. The molecular formula is C8H13N. The normalized spacial score (nSPS) is 33.1. The Kier molecular flexibility index (Phi) is 1.70. The second-order valence-corrected chi connectivity index (χ2v) is 2.76. The molecule has 1 rings (SSSR count). The molecule has 0 radical (unpaired) electrons. The molecule has 9 heavy (non-hydrogen) atoms. The van der Waals surface area contributed by atoms with Gasteiger partial charge in [0.05, 0.1) is 5.54 Å². The Labute approximate surface area is 56.5 Å². The molecule has 1 nitrogen and oxygen atoms in total. The molecule has 0 aromatic heterocycles. The lowest BCUT2D eigenvalue weighted by Gasteiger charge is -2.22. The highest BCUT2D eigenvalue weighted by Crippen LogP contribution is 2.21. The summed E-state index contributed by atoms with van der Waals surface area (Å²) in [5.74, 6) is 0. The third-order valence-corrected chi connectivity index (χ3v) is 1.93. The van der Waals surface area contributed by atoms with Gasteiger partial charge in [-0.05, 0) is 25.8 Å². The lowest BCUT2D eigenvalue weighted by Crippen LogP contribution is -2.21. The minimum atomic E-state index is 0.203. The third kappa shape index (κ3) is 1.41. The highest BCUT2D eigenvalue weighted by Gasteiger charge is 2.18. The van der Waals surface area contributed by atoms with E-state index in [-0.39, 0.29) is 5.54 Å². The van der Waals surface area contributed by atoms with Gasteiger partial charge in [0.1, 0.15) is 0 Å². The maximum absolute atomic E-state index is 4.37. The van der Waals surface area contributed by atoms with E-state index in [1.807, 2.05) is 12.3 Å². The van der Waals surface area contributed by atoms with E-state index >= 15 is 0 Å². The Morgan fingerprint density at radius 3 is 2.78 bits per heavy atom. The van der Waals surface area contributed by atoms with E-state index < -0.39 is 0 Å². The zero-order valence-corrected chi connectivity index (χ0v) is 6.09. The van der Waals surface area contributed by atoms with Crippen molar-refractivity contribution in [2.45, 2.75) is 32.2 Å². The van der Waals surface area contributed by atoms with Crippen LogP contribution in [-0.4, -0.2) is 11.8 Å². The van der Waals surface area contributed by atoms with Gasteiger partial charge < -0.3 is 0 Å². The van der Waals surface area contributed by atoms with Gasteiger partial charge in [-0.3, -0.25) is 4.99 Å². The van der Waals surface area contributed by atoms with Gasteiger partial charge in [-0.2, -0.15) is 0 Å². The van der Waals surface area contributed by atoms with Crippen LogP contribution >= 0.6 is 0 Å². The SMILES string of the molecule is CCC1(C)CC=CC=N1. The van der Waals surface area contributed by atoms with Crippen LogP contribution < -0.4 is 0 Å². The topological polar surface area (TPSA) is 12.4 Å². The summed E-state index contributed by atoms with van der Waals surface area (Å²) in [7, 11) is 0. The summed E-state index contributed by atoms with van der Waals surface area (Å²) in [4.78, 5) is 4.37. The van der Waals surface area contributed by atoms with Crippen LogP contribution in [0.15, 0.2) is 17.1 Å². The Morgan fingerprint density at radius 1 is 1.67 bits per heavy atom. The van der Waals surface area contributed by atoms with E-state index in [0.717, 1.165) is 12.8 Å². The van der Waals surface area contributed by atoms with E-state index in [1.165, 1.54) is 0 Å². The molecule has 0 amide bonds. The molecule has 0 bridgehead atoms. The molecule has 1 aliphatic rings. The van der Waals surface area contributed by atoms with Crippen molar-refractivity contribution in [1.82, 2.24) is 0 Å². The fourth-order valence-corrected chi connectivity index (χ4v) is 0.894. The largest absolute Gasteiger partial charge is 0.287 e. The Hall–Kier alpha value is -0.590. The van der Waals surface area contributed by atoms with Gasteiger partial charge >= 0.3 is 0 Å². The third-order valence-electron chi connectivity index (χ3n) is 1.93. The predicted octanol–water partition coefficient (Wildman–Crippen LogP) is 2.19. The van der Waals surface area contributed by atoms with Crippen LogP contribution in [0.1, 0.15) is 26.7 Å². The van der Waals surface area contributed by atoms with Crippen molar-refractivity contribution in [3.8, 4) is 0 Å². The number of aliphatic imine (C=N–C) groups is 1. The molecule has 1 unspecified atom stereocenters. The molecule has 0 aromatic rings. The summed E-state index contributed by atoms with van der Waals surface area (Å²) in [6.45, 7) is 4.36. The monoisotopic (exact) mass is 123 g/mol. The van der Waals surface area contributed by atoms with Crippen molar-refractivity contribution in [2.75, 3.05) is 0 Å². The van der Waals surface area contributed by atoms with Gasteiger partial charge in [0.2, 0.25) is 0 Å². The highest BCUT2D eigenvalue weighted by atomic mass is 14.8. The Balaban J connectivity index is 2.63. The average Bonchev–Trinajstić information content (AvgIpc) is 1.90. The van der Waals surface area contributed by atoms with E-state index in [4.69, 9.17) is 0 Å². The summed E-state index contributed by atoms with van der Waals surface area (Å²) in [6.07, 6.45) is 8.31. The summed E-state index contributed by atoms with van der Waals surface area (Å²) >= 11 is 0. The molecule has 1 atom stereocenters. The van der Waals surface area contributed by atoms with Gasteiger partial charge in [-0.25, -0.2) is 0 Å². The lowest BCUT2D eigenvalue weighted by atomic mass is 9.94. The van der Waals surface area contributed by atoms with E-state index in [2.05, 4.69) is 24.9 Å². The summed E-state index contributed by atoms with van der Waals surface area (Å²) in [6, 6.07) is 0. The second kappa shape index (κ2) is 2.34. The quantitative estimate of drug-likeness (QED) is 0.506. The van der Waals surface area contributed by atoms with Crippen LogP contribution in [0.25, 0.3) is 0 Å². The smallest absolute Gasteiger partial charge is 0.0611 e. The molecule has 0 N–H and O–H groups in total. The van der Waals surface area contributed by atoms with Gasteiger partial charge in [0, 0.05) is 6.21 Å². The van der Waals surface area contributed by atoms with Crippen molar-refractivity contribution in [3.63, 3.8) is 0 Å². The first-order valence-corrected chi connectivity index (χ1v) is 3.47. The summed E-state index contributed by atoms with van der Waals surface area (Å²) in [5, 5.41) is 0. The van der Waals surface area contributed by atoms with E-state index in [9.17, 15) is 0 Å². The van der Waals surface area contributed by atoms with Crippen LogP contribution in [0.3, 0.4) is 0 Å². The maximum Gasteiger partial charge on any atom is 0.0611 e. The average molecular weight is 123 g/mol. The molecule has 0 fully saturated rings. The molecule has 0 saturated carbocycles. The Morgan fingerprint density at radius 2 is 2.44 bits per heavy atom. The van der Waals surface area contributed by atoms with Crippen LogP contribution in [0.4, 0.5) is 0 Å². The van der Waals surface area contributed by atoms with Crippen LogP contribution in [0, 0.1) is 0 Å². The first-order valence-electron chi connectivity index (χ1n) is 3.47. The fourth-order valence-electron chi connectivity index (χ4n) is 0.894. The first kappa shape index (κ1) is 6.53. The molecule has 1 heteroatoms. The van der Waals surface area contributed by atoms with Crippen molar-refractivity contribution in [2.24, 2.45) is 4.99 Å². The van der Waals surface area contributed by atoms with Crippen molar-refractivity contribution < 1.29 is 0 Å². The number of dihydropyridines is 1. The lowest BCUT2D eigenvalue weighted by molar-refractivity contribution is 0.461. The van der Waals surface area contributed by atoms with Crippen LogP contribution in [-0.2, 0) is 0 Å². The maximum atomic E-state index is 4.37. The molecule has 0 aromatic carbocycles. The van der Waals surface area contributed by atoms with Gasteiger partial charge in [0.15, 0.2) is 0 Å². The molecule has 0 aliphatic carbocycles. The van der Waals surface area contributed by atoms with Gasteiger partial charge in [0.25, 0.3) is 0 Å². The zero-order chi connectivity index (χ0) is 6.74. The van der Waals surface area contributed by atoms with Crippen LogP contribution in [0.5, 0.6) is 0 Å². The number of hydrogen-bond acceptors (Lipinski definition) is 1. The van der Waals surface area contributed by atoms with Crippen LogP contribution in [0.2, 0.25) is 0 Å². The zero-order valence-electron chi connectivity index (χ0n) is 6.09. The molecule has 1 heterocycles. The fraction of sp³-hybridized carbons (Fsp3) is 0.625. The summed E-state index contributed by atoms with van der Waals surface area (Å²) in [5.41, 5.74) is 0.203. The minimum Gasteiger partial charge on any atom is -0.287 e. The predicted molar refractivity (Wildman–Crippen MR) is 40.9 cm³/mol. The van der Waals surface area contributed by atoms with Crippen molar-refractivity contribution >= 4 is 6.21 Å². The molecule has 1 aliphatic heterocycles. The number of rotatable bonds is 1. The van der Waals surface area contributed by atoms with Gasteiger partial charge in [-0.1, -0.05) is 13.0 Å². The molecule has 50 valence electrons. The first-order chi connectivity index (χ1) is 4.27. The van der Waals surface area contributed by atoms with E-state index in [1.54, 1.807) is 0 Å². The number of allylic oxidation sites excluding steroid dienone is 1. The Bertz CT molecular complexity index is 147. The number of nitrogens with zero attached hydrogens (tertiary/aromatic N) is 1. The molecule has 0 spiro atoms. The van der Waals surface area contributed by atoms with Crippen molar-refractivity contribution in [3.05, 3.63) is 12.2 Å². The standard InChI is InChI=1S/C8H13N/c1-3-8(2)6-4-5-7-9-8/h4-5,7H,3,6H2,1-2H3. The summed E-state index contributed by atoms with van der Waals surface area (Å²) < 4.78 is 0. The molecular weight excluding hydrogens is 110 g/mol. The van der Waals surface area contributed by atoms with E-state index in [0.29, 0.717) is 0 Å².